The lowest BCUT2D eigenvalue weighted by atomic mass is 10.4. The highest BCUT2D eigenvalue weighted by Gasteiger charge is 2.19. The maximum absolute atomic E-state index is 10.8. The van der Waals surface area contributed by atoms with Crippen LogP contribution in [0.25, 0.3) is 0 Å². The number of aromatic nitrogens is 4. The molecule has 0 aliphatic carbocycles. The Morgan fingerprint density at radius 1 is 1.47 bits per heavy atom. The topological polar surface area (TPSA) is 122 Å². The molecule has 2 rings (SSSR count). The Bertz CT molecular complexity index is 609. The van der Waals surface area contributed by atoms with Crippen LogP contribution in [0.3, 0.4) is 0 Å². The van der Waals surface area contributed by atoms with Crippen LogP contribution in [0.1, 0.15) is 19.9 Å². The van der Waals surface area contributed by atoms with Gasteiger partial charge in [0.2, 0.25) is 5.95 Å². The van der Waals surface area contributed by atoms with E-state index in [2.05, 4.69) is 15.1 Å². The number of anilines is 1. The molecule has 0 fully saturated rings. The van der Waals surface area contributed by atoms with Crippen molar-refractivity contribution in [1.82, 2.24) is 19.7 Å². The quantitative estimate of drug-likeness (QED) is 0.656. The largest absolute Gasteiger partial charge is 0.430 e. The highest BCUT2D eigenvalue weighted by molar-refractivity contribution is 5.43. The number of nitro groups is 1. The number of rotatable bonds is 4. The molecule has 0 bridgehead atoms. The van der Waals surface area contributed by atoms with Gasteiger partial charge in [-0.2, -0.15) is 10.1 Å². The van der Waals surface area contributed by atoms with E-state index in [4.69, 9.17) is 10.5 Å². The van der Waals surface area contributed by atoms with Crippen LogP contribution in [0.4, 0.5) is 11.6 Å². The Morgan fingerprint density at radius 3 is 2.79 bits per heavy atom. The first kappa shape index (κ1) is 12.7. The Balaban J connectivity index is 2.31. The van der Waals surface area contributed by atoms with E-state index in [1.807, 2.05) is 13.8 Å². The zero-order valence-electron chi connectivity index (χ0n) is 10.3. The molecule has 0 amide bonds. The first-order valence-electron chi connectivity index (χ1n) is 5.46. The fourth-order valence-electron chi connectivity index (χ4n) is 1.34. The van der Waals surface area contributed by atoms with Gasteiger partial charge in [0.05, 0.1) is 17.3 Å². The van der Waals surface area contributed by atoms with Crippen LogP contribution >= 0.6 is 0 Å². The Hall–Kier alpha value is -2.71. The normalized spacial score (nSPS) is 10.7. The number of ether oxygens (including phenoxy) is 1. The molecule has 0 saturated carbocycles. The smallest absolute Gasteiger partial charge is 0.349 e. The highest BCUT2D eigenvalue weighted by atomic mass is 16.6. The van der Waals surface area contributed by atoms with Crippen LogP contribution in [-0.2, 0) is 0 Å². The van der Waals surface area contributed by atoms with Crippen molar-refractivity contribution in [1.29, 1.82) is 0 Å². The molecule has 9 heteroatoms. The molecule has 2 aromatic rings. The van der Waals surface area contributed by atoms with Crippen LogP contribution in [0.2, 0.25) is 0 Å². The third-order valence-corrected chi connectivity index (χ3v) is 2.27. The molecule has 0 spiro atoms. The third-order valence-electron chi connectivity index (χ3n) is 2.27. The molecule has 19 heavy (non-hydrogen) atoms. The van der Waals surface area contributed by atoms with Crippen molar-refractivity contribution in [2.75, 3.05) is 5.73 Å². The number of nitrogen functional groups attached to an aromatic ring is 1. The van der Waals surface area contributed by atoms with Crippen LogP contribution in [0.5, 0.6) is 11.6 Å². The molecule has 2 heterocycles. The molecular weight excluding hydrogens is 252 g/mol. The van der Waals surface area contributed by atoms with Crippen molar-refractivity contribution in [2.45, 2.75) is 19.9 Å². The molecule has 100 valence electrons. The number of hydrogen-bond donors (Lipinski definition) is 1. The van der Waals surface area contributed by atoms with E-state index in [0.717, 1.165) is 6.20 Å². The molecule has 9 nitrogen and oxygen atoms in total. The van der Waals surface area contributed by atoms with Gasteiger partial charge >= 0.3 is 11.6 Å². The van der Waals surface area contributed by atoms with Gasteiger partial charge in [0.15, 0.2) is 5.75 Å². The van der Waals surface area contributed by atoms with Gasteiger partial charge in [0.25, 0.3) is 0 Å². The van der Waals surface area contributed by atoms with Crippen molar-refractivity contribution < 1.29 is 9.66 Å². The molecule has 0 aromatic carbocycles. The van der Waals surface area contributed by atoms with Crippen LogP contribution in [0, 0.1) is 10.1 Å². The molecule has 0 atom stereocenters. The predicted octanol–water partition coefficient (Wildman–Crippen LogP) is 1.54. The van der Waals surface area contributed by atoms with Crippen LogP contribution in [0.15, 0.2) is 18.6 Å². The maximum atomic E-state index is 10.8. The fourth-order valence-corrected chi connectivity index (χ4v) is 1.34. The fraction of sp³-hybridized carbons (Fsp3) is 0.300. The summed E-state index contributed by atoms with van der Waals surface area (Å²) in [6, 6.07) is 0.155. The standard InChI is InChI=1S/C10H12N6O3/c1-6(2)15-5-7(3-13-15)19-9-8(16(17)18)4-12-10(11)14-9/h3-6H,1-2H3,(H2,11,12,14). The molecule has 0 aliphatic heterocycles. The second-order valence-corrected chi connectivity index (χ2v) is 4.03. The molecule has 2 N–H and O–H groups in total. The van der Waals surface area contributed by atoms with Gasteiger partial charge in [0, 0.05) is 6.04 Å². The average molecular weight is 264 g/mol. The van der Waals surface area contributed by atoms with Gasteiger partial charge in [0.1, 0.15) is 6.20 Å². The summed E-state index contributed by atoms with van der Waals surface area (Å²) in [6.07, 6.45) is 4.07. The molecule has 0 radical (unpaired) electrons. The summed E-state index contributed by atoms with van der Waals surface area (Å²) in [5.41, 5.74) is 5.03. The molecule has 2 aromatic heterocycles. The zero-order valence-corrected chi connectivity index (χ0v) is 10.3. The van der Waals surface area contributed by atoms with E-state index in [0.29, 0.717) is 5.75 Å². The van der Waals surface area contributed by atoms with Crippen molar-refractivity contribution in [3.05, 3.63) is 28.7 Å². The number of hydrogen-bond acceptors (Lipinski definition) is 7. The van der Waals surface area contributed by atoms with Gasteiger partial charge < -0.3 is 10.5 Å². The van der Waals surface area contributed by atoms with Crippen molar-refractivity contribution in [3.63, 3.8) is 0 Å². The second kappa shape index (κ2) is 4.88. The first-order chi connectivity index (χ1) is 8.97. The van der Waals surface area contributed by atoms with E-state index in [1.54, 1.807) is 10.9 Å². The van der Waals surface area contributed by atoms with E-state index < -0.39 is 4.92 Å². The maximum Gasteiger partial charge on any atom is 0.349 e. The average Bonchev–Trinajstić information content (AvgIpc) is 2.77. The van der Waals surface area contributed by atoms with Crippen LogP contribution in [-0.4, -0.2) is 24.7 Å². The lowest BCUT2D eigenvalue weighted by Crippen LogP contribution is -2.01. The number of nitrogens with zero attached hydrogens (tertiary/aromatic N) is 5. The molecule has 0 unspecified atom stereocenters. The Labute approximate surface area is 108 Å². The monoisotopic (exact) mass is 264 g/mol. The van der Waals surface area contributed by atoms with Gasteiger partial charge in [-0.1, -0.05) is 0 Å². The summed E-state index contributed by atoms with van der Waals surface area (Å²) in [4.78, 5) is 17.5. The highest BCUT2D eigenvalue weighted by Crippen LogP contribution is 2.28. The van der Waals surface area contributed by atoms with E-state index in [9.17, 15) is 10.1 Å². The minimum absolute atomic E-state index is 0.100. The van der Waals surface area contributed by atoms with Gasteiger partial charge in [-0.3, -0.25) is 14.8 Å². The van der Waals surface area contributed by atoms with Gasteiger partial charge in [-0.25, -0.2) is 4.98 Å². The summed E-state index contributed by atoms with van der Waals surface area (Å²) in [5.74, 6) is 0.0348. The van der Waals surface area contributed by atoms with E-state index in [1.165, 1.54) is 6.20 Å². The lowest BCUT2D eigenvalue weighted by molar-refractivity contribution is -0.386. The van der Waals surface area contributed by atoms with Crippen molar-refractivity contribution >= 4 is 11.6 Å². The summed E-state index contributed by atoms with van der Waals surface area (Å²) >= 11 is 0. The lowest BCUT2D eigenvalue weighted by Gasteiger charge is -2.04. The number of nitrogens with two attached hydrogens (primary N) is 1. The molecule has 0 aliphatic rings. The van der Waals surface area contributed by atoms with E-state index >= 15 is 0 Å². The molecular formula is C10H12N6O3. The summed E-state index contributed by atoms with van der Waals surface area (Å²) in [6.45, 7) is 3.89. The molecule has 0 saturated heterocycles. The Kier molecular flexibility index (Phi) is 3.27. The summed E-state index contributed by atoms with van der Waals surface area (Å²) in [7, 11) is 0. The summed E-state index contributed by atoms with van der Waals surface area (Å²) in [5, 5.41) is 14.9. The minimum Gasteiger partial charge on any atom is -0.430 e. The SMILES string of the molecule is CC(C)n1cc(Oc2nc(N)ncc2[N+](=O)[O-])cn1. The van der Waals surface area contributed by atoms with Crippen LogP contribution < -0.4 is 10.5 Å². The van der Waals surface area contributed by atoms with E-state index in [-0.39, 0.29) is 23.6 Å². The van der Waals surface area contributed by atoms with Crippen molar-refractivity contribution in [2.24, 2.45) is 0 Å². The predicted molar refractivity (Wildman–Crippen MR) is 65.8 cm³/mol. The third kappa shape index (κ3) is 2.76. The first-order valence-corrected chi connectivity index (χ1v) is 5.46. The minimum atomic E-state index is -0.637. The van der Waals surface area contributed by atoms with Gasteiger partial charge in [-0.15, -0.1) is 0 Å². The second-order valence-electron chi connectivity index (χ2n) is 4.03. The van der Waals surface area contributed by atoms with Gasteiger partial charge in [-0.05, 0) is 13.8 Å². The Morgan fingerprint density at radius 2 is 2.21 bits per heavy atom. The zero-order chi connectivity index (χ0) is 14.0. The van der Waals surface area contributed by atoms with Crippen molar-refractivity contribution in [3.8, 4) is 11.6 Å². The summed E-state index contributed by atoms with van der Waals surface area (Å²) < 4.78 is 6.98.